The van der Waals surface area contributed by atoms with E-state index < -0.39 is 162 Å². The number of phenols is 2. The highest BCUT2D eigenvalue weighted by atomic mass is 16.4. The first-order valence-electron chi connectivity index (χ1n) is 32.5. The van der Waals surface area contributed by atoms with E-state index in [1.165, 1.54) is 48.5 Å². The van der Waals surface area contributed by atoms with E-state index in [1.807, 2.05) is 0 Å². The summed E-state index contributed by atoms with van der Waals surface area (Å²) in [5, 5.41) is 53.3. The Labute approximate surface area is 573 Å². The molecule has 0 unspecified atom stereocenters. The lowest BCUT2D eigenvalue weighted by Gasteiger charge is -2.29. The third-order valence-corrected chi connectivity index (χ3v) is 15.8. The maximum absolute atomic E-state index is 14.8. The zero-order chi connectivity index (χ0) is 73.9. The maximum atomic E-state index is 14.8. The van der Waals surface area contributed by atoms with Crippen LogP contribution in [0.2, 0.25) is 0 Å². The number of hydrogen-bond acceptors (Lipinski definition) is 18. The first-order chi connectivity index (χ1) is 46.8. The molecule has 11 amide bonds. The number of rotatable bonds is 45. The SMILES string of the molecule is CC[C@H](C)[C@H](NC(=O)[C@@H](N)CCCCN)C(=O)N[C@@H](CCC(N)=O)C(=O)N[C@@H](CC(N)=O)C(=O)N[C@@H](Cc1ccccc1)C(=O)N[C@@H](CCCN=C(N)N)C(=O)N[C@H](C(=O)N[C@@H](Cc1ccc(O)cc1)C(=O)N[C@@H](Cc1ccc(O)cc1)C(=O)N[C@@H](CCCN=C(N)N)C(=O)O)C(C)C. The number of unbranched alkanes of at least 4 members (excludes halogenated alkanes) is 1. The number of benzene rings is 3. The van der Waals surface area contributed by atoms with E-state index in [0.29, 0.717) is 42.5 Å². The van der Waals surface area contributed by atoms with Crippen LogP contribution in [-0.4, -0.2) is 178 Å². The van der Waals surface area contributed by atoms with E-state index in [-0.39, 0.29) is 87.9 Å². The molecule has 0 heterocycles. The van der Waals surface area contributed by atoms with Gasteiger partial charge >= 0.3 is 5.97 Å². The van der Waals surface area contributed by atoms with Crippen molar-refractivity contribution in [3.8, 4) is 11.5 Å². The van der Waals surface area contributed by atoms with Crippen molar-refractivity contribution < 1.29 is 72.9 Å². The van der Waals surface area contributed by atoms with Crippen LogP contribution in [0.5, 0.6) is 11.5 Å². The number of carbonyl (C=O) groups excluding carboxylic acids is 11. The van der Waals surface area contributed by atoms with Gasteiger partial charge in [0.25, 0.3) is 0 Å². The number of amides is 11. The van der Waals surface area contributed by atoms with Gasteiger partial charge in [-0.3, -0.25) is 62.7 Å². The van der Waals surface area contributed by atoms with Crippen LogP contribution in [0, 0.1) is 11.8 Å². The molecule has 0 saturated heterocycles. The lowest BCUT2D eigenvalue weighted by molar-refractivity contribution is -0.142. The Bertz CT molecular complexity index is 3240. The summed E-state index contributed by atoms with van der Waals surface area (Å²) < 4.78 is 0. The van der Waals surface area contributed by atoms with Crippen LogP contribution in [0.15, 0.2) is 88.8 Å². The number of guanidine groups is 2. The van der Waals surface area contributed by atoms with Crippen molar-refractivity contribution in [3.05, 3.63) is 95.6 Å². The van der Waals surface area contributed by atoms with Gasteiger partial charge < -0.3 is 109 Å². The number of nitrogens with one attached hydrogen (secondary N) is 9. The summed E-state index contributed by atoms with van der Waals surface area (Å²) in [6.07, 6.45) is -1.00. The van der Waals surface area contributed by atoms with Gasteiger partial charge in [-0.2, -0.15) is 0 Å². The number of nitrogens with two attached hydrogens (primary N) is 8. The number of carboxylic acid groups (broad SMARTS) is 1. The molecule has 0 aliphatic heterocycles. The highest BCUT2D eigenvalue weighted by Gasteiger charge is 2.38. The molecular weight excluding hydrogens is 1290 g/mol. The minimum Gasteiger partial charge on any atom is -0.508 e. The normalized spacial score (nSPS) is 14.3. The molecule has 0 bridgehead atoms. The summed E-state index contributed by atoms with van der Waals surface area (Å²) >= 11 is 0. The fraction of sp³-hybridized carbons (Fsp3) is 0.508. The van der Waals surface area contributed by atoms with Crippen molar-refractivity contribution in [3.63, 3.8) is 0 Å². The first-order valence-corrected chi connectivity index (χ1v) is 32.5. The summed E-state index contributed by atoms with van der Waals surface area (Å²) in [5.74, 6) is -14.0. The minimum absolute atomic E-state index is 0.0247. The minimum atomic E-state index is -1.86. The lowest BCUT2D eigenvalue weighted by Crippen LogP contribution is -2.62. The Hall–Kier alpha value is -10.6. The van der Waals surface area contributed by atoms with Crippen molar-refractivity contribution in [1.82, 2.24) is 47.9 Å². The van der Waals surface area contributed by atoms with Gasteiger partial charge in [0.05, 0.1) is 12.5 Å². The first kappa shape index (κ1) is 82.6. The Morgan fingerprint density at radius 1 is 0.424 bits per heavy atom. The summed E-state index contributed by atoms with van der Waals surface area (Å²) in [5.41, 5.74) is 46.1. The van der Waals surface area contributed by atoms with Gasteiger partial charge in [0, 0.05) is 38.8 Å². The molecule has 3 rings (SSSR count). The van der Waals surface area contributed by atoms with E-state index in [4.69, 9.17) is 45.9 Å². The molecule has 3 aromatic rings. The largest absolute Gasteiger partial charge is 0.508 e. The van der Waals surface area contributed by atoms with Gasteiger partial charge in [0.2, 0.25) is 65.0 Å². The Morgan fingerprint density at radius 2 is 0.808 bits per heavy atom. The average Bonchev–Trinajstić information content (AvgIpc) is 0.855. The molecular formula is C65H99N19O15. The summed E-state index contributed by atoms with van der Waals surface area (Å²) in [6.45, 7) is 6.90. The number of aliphatic imine (C=N–C) groups is 2. The Balaban J connectivity index is 2.05. The van der Waals surface area contributed by atoms with Crippen LogP contribution in [0.25, 0.3) is 0 Å². The van der Waals surface area contributed by atoms with Gasteiger partial charge in [-0.15, -0.1) is 0 Å². The summed E-state index contributed by atoms with van der Waals surface area (Å²) in [7, 11) is 0. The standard InChI is InChI=1S/C65H99N19O15/c1-5-36(4)53(84-54(89)42(67)15-9-10-28-66)62(97)77-44(26-27-50(68)87)55(90)81-49(34-51(69)88)60(95)80-46(31-37-13-7-6-8-14-37)57(92)76-43(16-11-29-74-64(70)71)56(91)83-52(35(2)3)61(96)82-48(33-39-20-24-41(86)25-21-39)59(94)79-47(32-38-18-22-40(85)23-19-38)58(93)78-45(63(98)99)17-12-30-75-65(72)73/h6-8,13-14,18-25,35-36,42-49,52-53,85-86H,5,9-12,15-17,26-34,66-67H2,1-4H3,(H2,68,87)(H2,69,88)(H,76,92)(H,77,97)(H,78,93)(H,79,94)(H,80,95)(H,81,90)(H,82,96)(H,83,91)(H,84,89)(H,98,99)(H4,70,71,74)(H4,72,73,75)/t36-,42-,43-,44-,45-,46-,47-,48-,49-,52-,53-/m0/s1. The molecule has 0 spiro atoms. The van der Waals surface area contributed by atoms with Crippen LogP contribution in [0.4, 0.5) is 0 Å². The molecule has 3 aromatic carbocycles. The Kier molecular flexibility index (Phi) is 35.7. The third-order valence-electron chi connectivity index (χ3n) is 15.8. The topological polar surface area (TPSA) is 607 Å². The quantitative estimate of drug-likeness (QED) is 0.0146. The molecule has 0 aliphatic rings. The van der Waals surface area contributed by atoms with Gasteiger partial charge in [-0.25, -0.2) is 4.79 Å². The number of phenolic OH excluding ortho intramolecular Hbond substituents is 2. The zero-order valence-corrected chi connectivity index (χ0v) is 56.2. The molecule has 544 valence electrons. The number of carbonyl (C=O) groups is 12. The van der Waals surface area contributed by atoms with Gasteiger partial charge in [0.1, 0.15) is 65.9 Å². The molecule has 0 aromatic heterocycles. The van der Waals surface area contributed by atoms with Gasteiger partial charge in [-0.1, -0.05) is 95.1 Å². The van der Waals surface area contributed by atoms with Crippen LogP contribution in [0.3, 0.4) is 0 Å². The molecule has 0 radical (unpaired) electrons. The summed E-state index contributed by atoms with van der Waals surface area (Å²) in [4.78, 5) is 174. The highest BCUT2D eigenvalue weighted by Crippen LogP contribution is 2.17. The number of hydrogen-bond donors (Lipinski definition) is 20. The predicted octanol–water partition coefficient (Wildman–Crippen LogP) is -4.02. The lowest BCUT2D eigenvalue weighted by atomic mass is 9.96. The van der Waals surface area contributed by atoms with Crippen LogP contribution < -0.4 is 93.7 Å². The molecule has 0 saturated carbocycles. The Morgan fingerprint density at radius 3 is 1.25 bits per heavy atom. The van der Waals surface area contributed by atoms with Crippen molar-refractivity contribution in [2.45, 2.75) is 178 Å². The second-order valence-corrected chi connectivity index (χ2v) is 24.3. The monoisotopic (exact) mass is 1390 g/mol. The number of carboxylic acids is 1. The van der Waals surface area contributed by atoms with Crippen molar-refractivity contribution in [2.75, 3.05) is 19.6 Å². The molecule has 99 heavy (non-hydrogen) atoms. The molecule has 34 heteroatoms. The number of aliphatic carboxylic acids is 1. The predicted molar refractivity (Wildman–Crippen MR) is 366 cm³/mol. The number of primary amides is 2. The number of nitrogens with zero attached hydrogens (tertiary/aromatic N) is 2. The maximum Gasteiger partial charge on any atom is 0.326 e. The van der Waals surface area contributed by atoms with Gasteiger partial charge in [-0.05, 0) is 104 Å². The molecule has 0 fully saturated rings. The van der Waals surface area contributed by atoms with Crippen LogP contribution >= 0.6 is 0 Å². The molecule has 28 N–H and O–H groups in total. The highest BCUT2D eigenvalue weighted by molar-refractivity contribution is 6.00. The van der Waals surface area contributed by atoms with Crippen molar-refractivity contribution in [1.29, 1.82) is 0 Å². The second kappa shape index (κ2) is 42.8. The van der Waals surface area contributed by atoms with E-state index in [1.54, 1.807) is 58.0 Å². The van der Waals surface area contributed by atoms with E-state index in [0.717, 1.165) is 0 Å². The zero-order valence-electron chi connectivity index (χ0n) is 56.2. The van der Waals surface area contributed by atoms with Crippen molar-refractivity contribution >= 4 is 82.9 Å². The molecule has 0 aliphatic carbocycles. The van der Waals surface area contributed by atoms with Crippen molar-refractivity contribution in [2.24, 2.45) is 67.7 Å². The fourth-order valence-corrected chi connectivity index (χ4v) is 9.99. The number of aromatic hydroxyl groups is 2. The van der Waals surface area contributed by atoms with Crippen LogP contribution in [-0.2, 0) is 76.8 Å². The van der Waals surface area contributed by atoms with Crippen LogP contribution in [0.1, 0.15) is 115 Å². The smallest absolute Gasteiger partial charge is 0.326 e. The van der Waals surface area contributed by atoms with Gasteiger partial charge in [0.15, 0.2) is 11.9 Å². The van der Waals surface area contributed by atoms with E-state index in [2.05, 4.69) is 57.8 Å². The van der Waals surface area contributed by atoms with E-state index in [9.17, 15) is 72.9 Å². The molecule has 34 nitrogen and oxygen atoms in total. The third kappa shape index (κ3) is 31.0. The van der Waals surface area contributed by atoms with E-state index >= 15 is 0 Å². The summed E-state index contributed by atoms with van der Waals surface area (Å²) in [6, 6.07) is 4.41. The second-order valence-electron chi connectivity index (χ2n) is 24.3. The molecule has 11 atom stereocenters. The fourth-order valence-electron chi connectivity index (χ4n) is 9.99. The average molecular weight is 1390 g/mol.